The number of aliphatic hydroxyl groups is 2. The molecule has 71 heavy (non-hydrogen) atoms. The largest absolute Gasteiger partial charge is 0.466 e. The number of rotatable bonds is 61. The van der Waals surface area contributed by atoms with Gasteiger partial charge in [0.25, 0.3) is 0 Å². The third-order valence-electron chi connectivity index (χ3n) is 15.3. The van der Waals surface area contributed by atoms with E-state index in [2.05, 4.69) is 19.2 Å². The molecule has 0 spiro atoms. The molecule has 3 N–H and O–H groups in total. The van der Waals surface area contributed by atoms with Gasteiger partial charge in [-0.05, 0) is 32.1 Å². The second-order valence-corrected chi connectivity index (χ2v) is 22.5. The molecular formula is C65H127NO5. The third-order valence-corrected chi connectivity index (χ3v) is 15.3. The van der Waals surface area contributed by atoms with E-state index in [0.717, 1.165) is 38.5 Å². The van der Waals surface area contributed by atoms with E-state index in [4.69, 9.17) is 4.74 Å². The number of carbonyl (C=O) groups is 2. The van der Waals surface area contributed by atoms with Crippen LogP contribution in [0.15, 0.2) is 12.2 Å². The minimum Gasteiger partial charge on any atom is -0.466 e. The van der Waals surface area contributed by atoms with Crippen LogP contribution in [0.1, 0.15) is 367 Å². The van der Waals surface area contributed by atoms with Gasteiger partial charge in [0, 0.05) is 12.8 Å². The number of hydrogen-bond acceptors (Lipinski definition) is 5. The van der Waals surface area contributed by atoms with Crippen molar-refractivity contribution in [3.05, 3.63) is 12.2 Å². The van der Waals surface area contributed by atoms with Gasteiger partial charge in [-0.1, -0.05) is 334 Å². The molecule has 422 valence electrons. The Morgan fingerprint density at radius 3 is 0.958 bits per heavy atom. The molecule has 2 atom stereocenters. The van der Waals surface area contributed by atoms with Gasteiger partial charge in [0.1, 0.15) is 0 Å². The van der Waals surface area contributed by atoms with Crippen LogP contribution < -0.4 is 5.32 Å². The number of carbonyl (C=O) groups excluding carboxylic acids is 2. The van der Waals surface area contributed by atoms with E-state index in [9.17, 15) is 19.8 Å². The molecule has 2 unspecified atom stereocenters. The summed E-state index contributed by atoms with van der Waals surface area (Å²) in [6, 6.07) is -0.627. The van der Waals surface area contributed by atoms with E-state index < -0.39 is 12.1 Å². The lowest BCUT2D eigenvalue weighted by Gasteiger charge is -2.20. The van der Waals surface area contributed by atoms with Gasteiger partial charge in [-0.3, -0.25) is 9.59 Å². The van der Waals surface area contributed by atoms with Crippen molar-refractivity contribution in [2.45, 2.75) is 379 Å². The predicted octanol–water partition coefficient (Wildman–Crippen LogP) is 20.4. The van der Waals surface area contributed by atoms with Gasteiger partial charge in [-0.2, -0.15) is 0 Å². The van der Waals surface area contributed by atoms with E-state index in [1.807, 2.05) is 6.08 Å². The summed E-state index contributed by atoms with van der Waals surface area (Å²) in [5.41, 5.74) is 0. The number of nitrogens with one attached hydrogen (secondary N) is 1. The van der Waals surface area contributed by atoms with Crippen molar-refractivity contribution in [1.82, 2.24) is 5.32 Å². The predicted molar refractivity (Wildman–Crippen MR) is 310 cm³/mol. The monoisotopic (exact) mass is 1000 g/mol. The fourth-order valence-corrected chi connectivity index (χ4v) is 10.3. The topological polar surface area (TPSA) is 95.9 Å². The zero-order chi connectivity index (χ0) is 51.4. The molecule has 0 rings (SSSR count). The zero-order valence-corrected chi connectivity index (χ0v) is 48.2. The minimum absolute atomic E-state index is 0.0144. The number of hydrogen-bond donors (Lipinski definition) is 3. The fourth-order valence-electron chi connectivity index (χ4n) is 10.3. The maximum Gasteiger partial charge on any atom is 0.305 e. The summed E-state index contributed by atoms with van der Waals surface area (Å²) in [6.07, 6.45) is 74.1. The second-order valence-electron chi connectivity index (χ2n) is 22.5. The SMILES string of the molecule is CCCCCCCCCCCCCCCCCCCC/C=C/C(O)C(CO)NC(=O)CCCCCCCCCCCCCCCCCCCCCCCCCOC(=O)CCCCCCCCCCCCC. The summed E-state index contributed by atoms with van der Waals surface area (Å²) in [6.45, 7) is 4.93. The Morgan fingerprint density at radius 1 is 0.380 bits per heavy atom. The molecule has 6 nitrogen and oxygen atoms in total. The van der Waals surface area contributed by atoms with E-state index in [1.165, 1.54) is 302 Å². The van der Waals surface area contributed by atoms with Crippen LogP contribution in [0.4, 0.5) is 0 Å². The number of ether oxygens (including phenoxy) is 1. The highest BCUT2D eigenvalue weighted by Gasteiger charge is 2.18. The molecule has 0 aromatic heterocycles. The molecule has 1 amide bonds. The first kappa shape index (κ1) is 69.6. The summed E-state index contributed by atoms with van der Waals surface area (Å²) in [5, 5.41) is 23.2. The van der Waals surface area contributed by atoms with E-state index in [1.54, 1.807) is 6.08 Å². The van der Waals surface area contributed by atoms with Crippen LogP contribution in [0.5, 0.6) is 0 Å². The fraction of sp³-hybridized carbons (Fsp3) is 0.938. The number of esters is 1. The van der Waals surface area contributed by atoms with Gasteiger partial charge in [-0.25, -0.2) is 0 Å². The summed E-state index contributed by atoms with van der Waals surface area (Å²) in [5.74, 6) is -0.0492. The van der Waals surface area contributed by atoms with Crippen molar-refractivity contribution in [3.63, 3.8) is 0 Å². The summed E-state index contributed by atoms with van der Waals surface area (Å²) in [7, 11) is 0. The van der Waals surface area contributed by atoms with E-state index >= 15 is 0 Å². The van der Waals surface area contributed by atoms with Crippen molar-refractivity contribution in [2.24, 2.45) is 0 Å². The number of unbranched alkanes of at least 4 members (excludes halogenated alkanes) is 50. The Balaban J connectivity index is 3.40. The van der Waals surface area contributed by atoms with Gasteiger partial charge in [0.05, 0.1) is 25.4 Å². The van der Waals surface area contributed by atoms with Crippen LogP contribution in [-0.4, -0.2) is 47.4 Å². The quantitative estimate of drug-likeness (QED) is 0.0320. The van der Waals surface area contributed by atoms with Crippen molar-refractivity contribution in [3.8, 4) is 0 Å². The Labute approximate surface area is 444 Å². The highest BCUT2D eigenvalue weighted by atomic mass is 16.5. The van der Waals surface area contributed by atoms with E-state index in [0.29, 0.717) is 19.4 Å². The average Bonchev–Trinajstić information content (AvgIpc) is 3.37. The lowest BCUT2D eigenvalue weighted by molar-refractivity contribution is -0.143. The Kier molecular flexibility index (Phi) is 59.9. The summed E-state index contributed by atoms with van der Waals surface area (Å²) in [4.78, 5) is 24.5. The number of aliphatic hydroxyl groups excluding tert-OH is 2. The molecule has 0 saturated carbocycles. The highest BCUT2D eigenvalue weighted by Crippen LogP contribution is 2.18. The number of allylic oxidation sites excluding steroid dienone is 1. The average molecular weight is 1000 g/mol. The molecule has 0 aromatic rings. The molecule has 0 aliphatic heterocycles. The van der Waals surface area contributed by atoms with Crippen molar-refractivity contribution >= 4 is 11.9 Å². The Hall–Kier alpha value is -1.40. The Morgan fingerprint density at radius 2 is 0.648 bits per heavy atom. The first-order chi connectivity index (χ1) is 35.0. The van der Waals surface area contributed by atoms with Crippen molar-refractivity contribution in [2.75, 3.05) is 13.2 Å². The molecule has 0 aliphatic carbocycles. The zero-order valence-electron chi connectivity index (χ0n) is 48.2. The second kappa shape index (κ2) is 61.1. The van der Waals surface area contributed by atoms with Crippen LogP contribution in [0, 0.1) is 0 Å². The van der Waals surface area contributed by atoms with Gasteiger partial charge in [0.15, 0.2) is 0 Å². The maximum atomic E-state index is 12.5. The van der Waals surface area contributed by atoms with Crippen LogP contribution in [0.25, 0.3) is 0 Å². The molecular weight excluding hydrogens is 875 g/mol. The lowest BCUT2D eigenvalue weighted by atomic mass is 10.0. The first-order valence-corrected chi connectivity index (χ1v) is 32.5. The molecule has 0 aliphatic rings. The molecule has 0 fully saturated rings. The molecule has 6 heteroatoms. The minimum atomic E-state index is -0.844. The number of amides is 1. The van der Waals surface area contributed by atoms with Gasteiger partial charge >= 0.3 is 5.97 Å². The van der Waals surface area contributed by atoms with Crippen LogP contribution in [0.3, 0.4) is 0 Å². The Bertz CT molecular complexity index is 1060. The summed E-state index contributed by atoms with van der Waals surface area (Å²) < 4.78 is 5.47. The first-order valence-electron chi connectivity index (χ1n) is 32.5. The van der Waals surface area contributed by atoms with Gasteiger partial charge in [0.2, 0.25) is 5.91 Å². The molecule has 0 heterocycles. The van der Waals surface area contributed by atoms with Crippen LogP contribution in [-0.2, 0) is 14.3 Å². The molecule has 0 bridgehead atoms. The van der Waals surface area contributed by atoms with Crippen LogP contribution >= 0.6 is 0 Å². The smallest absolute Gasteiger partial charge is 0.305 e. The van der Waals surface area contributed by atoms with Gasteiger partial charge < -0.3 is 20.3 Å². The van der Waals surface area contributed by atoms with Crippen molar-refractivity contribution in [1.29, 1.82) is 0 Å². The maximum absolute atomic E-state index is 12.5. The standard InChI is InChI=1S/C65H127NO5/c1-3-5-7-9-11-13-15-16-17-18-19-25-28-31-34-38-41-45-49-53-57-63(68)62(61-67)66-64(69)58-54-50-46-42-39-35-32-29-26-23-21-20-22-24-27-30-33-36-40-44-48-52-56-60-71-65(70)59-55-51-47-43-37-14-12-10-8-6-4-2/h53,57,62-63,67-68H,3-52,54-56,58-61H2,1-2H3,(H,66,69)/b57-53+. The molecule has 0 saturated heterocycles. The third kappa shape index (κ3) is 57.7. The van der Waals surface area contributed by atoms with Crippen molar-refractivity contribution < 1.29 is 24.5 Å². The normalized spacial score (nSPS) is 12.6. The molecule has 0 radical (unpaired) electrons. The lowest BCUT2D eigenvalue weighted by Crippen LogP contribution is -2.45. The summed E-state index contributed by atoms with van der Waals surface area (Å²) >= 11 is 0. The van der Waals surface area contributed by atoms with Gasteiger partial charge in [-0.15, -0.1) is 0 Å². The molecule has 0 aromatic carbocycles. The highest BCUT2D eigenvalue weighted by molar-refractivity contribution is 5.76. The van der Waals surface area contributed by atoms with E-state index in [-0.39, 0.29) is 18.5 Å². The van der Waals surface area contributed by atoms with Crippen LogP contribution in [0.2, 0.25) is 0 Å².